The van der Waals surface area contributed by atoms with Gasteiger partial charge in [0, 0.05) is 10.0 Å². The van der Waals surface area contributed by atoms with Crippen LogP contribution in [0.5, 0.6) is 0 Å². The van der Waals surface area contributed by atoms with E-state index in [4.69, 9.17) is 9.26 Å². The number of aromatic nitrogens is 1. The molecule has 1 N–H and O–H groups in total. The first-order valence-corrected chi connectivity index (χ1v) is 7.59. The summed E-state index contributed by atoms with van der Waals surface area (Å²) in [6.45, 7) is 2.26. The lowest BCUT2D eigenvalue weighted by Gasteiger charge is -2.07. The minimum atomic E-state index is -0.466. The number of hydrogen-bond acceptors (Lipinski definition) is 4. The van der Waals surface area contributed by atoms with Crippen LogP contribution in [0.2, 0.25) is 0 Å². The quantitative estimate of drug-likeness (QED) is 0.888. The maximum absolute atomic E-state index is 11.8. The van der Waals surface area contributed by atoms with Crippen LogP contribution in [-0.2, 0) is 4.74 Å². The number of hydrogen-bond donors (Lipinski definition) is 1. The van der Waals surface area contributed by atoms with Crippen LogP contribution in [0.1, 0.15) is 18.5 Å². The molecular formula is C15H15BrN2O3. The highest BCUT2D eigenvalue weighted by atomic mass is 79.9. The van der Waals surface area contributed by atoms with Crippen LogP contribution in [0.15, 0.2) is 33.3 Å². The lowest BCUT2D eigenvalue weighted by atomic mass is 10.1. The maximum atomic E-state index is 11.8. The number of carbonyl (C=O) groups is 1. The van der Waals surface area contributed by atoms with Gasteiger partial charge in [-0.2, -0.15) is 0 Å². The summed E-state index contributed by atoms with van der Waals surface area (Å²) >= 11 is 3.39. The number of halogens is 1. The molecule has 0 unspecified atom stereocenters. The van der Waals surface area contributed by atoms with Crippen molar-refractivity contribution in [3.05, 3.63) is 34.4 Å². The fraction of sp³-hybridized carbons (Fsp3) is 0.333. The van der Waals surface area contributed by atoms with Crippen molar-refractivity contribution < 1.29 is 14.1 Å². The standard InChI is InChI=1S/C15H15BrN2O3/c1-9-13(17-15(19)20-8-10-2-3-10)14(21-18-9)11-4-6-12(16)7-5-11/h4-7,10H,2-3,8H2,1H3,(H,17,19). The third-order valence-corrected chi connectivity index (χ3v) is 3.87. The molecule has 3 rings (SSSR count). The summed E-state index contributed by atoms with van der Waals surface area (Å²) < 4.78 is 11.5. The molecule has 1 saturated carbocycles. The van der Waals surface area contributed by atoms with E-state index in [1.807, 2.05) is 24.3 Å². The first-order chi connectivity index (χ1) is 10.1. The van der Waals surface area contributed by atoms with Crippen molar-refractivity contribution in [2.45, 2.75) is 19.8 Å². The van der Waals surface area contributed by atoms with Gasteiger partial charge in [0.15, 0.2) is 5.76 Å². The second-order valence-corrected chi connectivity index (χ2v) is 6.06. The molecule has 0 saturated heterocycles. The number of anilines is 1. The summed E-state index contributed by atoms with van der Waals surface area (Å²) in [6, 6.07) is 7.60. The lowest BCUT2D eigenvalue weighted by molar-refractivity contribution is 0.156. The highest BCUT2D eigenvalue weighted by molar-refractivity contribution is 9.10. The molecule has 2 aromatic rings. The molecule has 1 fully saturated rings. The van der Waals surface area contributed by atoms with Gasteiger partial charge < -0.3 is 9.26 Å². The summed E-state index contributed by atoms with van der Waals surface area (Å²) in [6.07, 6.45) is 1.82. The predicted octanol–water partition coefficient (Wildman–Crippen LogP) is 4.37. The Morgan fingerprint density at radius 2 is 2.14 bits per heavy atom. The zero-order valence-corrected chi connectivity index (χ0v) is 13.1. The van der Waals surface area contributed by atoms with Crippen molar-refractivity contribution in [2.24, 2.45) is 5.92 Å². The fourth-order valence-corrected chi connectivity index (χ4v) is 2.20. The molecule has 1 amide bonds. The van der Waals surface area contributed by atoms with Gasteiger partial charge in [0.05, 0.1) is 6.61 Å². The molecule has 0 atom stereocenters. The zero-order chi connectivity index (χ0) is 14.8. The van der Waals surface area contributed by atoms with Crippen molar-refractivity contribution in [1.82, 2.24) is 5.16 Å². The van der Waals surface area contributed by atoms with Gasteiger partial charge in [0.25, 0.3) is 0 Å². The first kappa shape index (κ1) is 14.1. The molecular weight excluding hydrogens is 336 g/mol. The number of nitrogens with one attached hydrogen (secondary N) is 1. The number of amides is 1. The normalized spacial score (nSPS) is 14.0. The van der Waals surface area contributed by atoms with E-state index in [0.717, 1.165) is 22.9 Å². The third-order valence-electron chi connectivity index (χ3n) is 3.34. The van der Waals surface area contributed by atoms with E-state index in [1.54, 1.807) is 6.92 Å². The second kappa shape index (κ2) is 5.89. The van der Waals surface area contributed by atoms with Gasteiger partial charge in [0.1, 0.15) is 11.4 Å². The molecule has 0 bridgehead atoms. The first-order valence-electron chi connectivity index (χ1n) is 6.79. The third kappa shape index (κ3) is 3.44. The molecule has 110 valence electrons. The van der Waals surface area contributed by atoms with Gasteiger partial charge >= 0.3 is 6.09 Å². The number of nitrogens with zero attached hydrogens (tertiary/aromatic N) is 1. The Morgan fingerprint density at radius 1 is 1.43 bits per heavy atom. The van der Waals surface area contributed by atoms with E-state index >= 15 is 0 Å². The van der Waals surface area contributed by atoms with Crippen LogP contribution >= 0.6 is 15.9 Å². The molecule has 1 aromatic carbocycles. The van der Waals surface area contributed by atoms with Crippen LogP contribution < -0.4 is 5.32 Å². The van der Waals surface area contributed by atoms with Crippen LogP contribution in [-0.4, -0.2) is 17.9 Å². The Balaban J connectivity index is 1.76. The summed E-state index contributed by atoms with van der Waals surface area (Å²) in [5, 5.41) is 6.64. The predicted molar refractivity (Wildman–Crippen MR) is 82.1 cm³/mol. The van der Waals surface area contributed by atoms with Crippen molar-refractivity contribution >= 4 is 27.7 Å². The zero-order valence-electron chi connectivity index (χ0n) is 11.6. The monoisotopic (exact) mass is 350 g/mol. The van der Waals surface area contributed by atoms with Crippen molar-refractivity contribution in [3.8, 4) is 11.3 Å². The van der Waals surface area contributed by atoms with Gasteiger partial charge in [0.2, 0.25) is 0 Å². The Bertz CT molecular complexity index is 647. The second-order valence-electron chi connectivity index (χ2n) is 5.15. The number of ether oxygens (including phenoxy) is 1. The maximum Gasteiger partial charge on any atom is 0.411 e. The van der Waals surface area contributed by atoms with Crippen molar-refractivity contribution in [2.75, 3.05) is 11.9 Å². The summed E-state index contributed by atoms with van der Waals surface area (Å²) in [4.78, 5) is 11.8. The molecule has 5 nitrogen and oxygen atoms in total. The van der Waals surface area contributed by atoms with Crippen LogP contribution in [0.3, 0.4) is 0 Å². The van der Waals surface area contributed by atoms with Crippen LogP contribution in [0.4, 0.5) is 10.5 Å². The van der Waals surface area contributed by atoms with Crippen molar-refractivity contribution in [3.63, 3.8) is 0 Å². The average Bonchev–Trinajstić information content (AvgIpc) is 3.24. The van der Waals surface area contributed by atoms with Crippen LogP contribution in [0, 0.1) is 12.8 Å². The Hall–Kier alpha value is -1.82. The number of benzene rings is 1. The number of carbonyl (C=O) groups excluding carboxylic acids is 1. The summed E-state index contributed by atoms with van der Waals surface area (Å²) in [5.41, 5.74) is 2.02. The van der Waals surface area contributed by atoms with E-state index in [1.165, 1.54) is 0 Å². The molecule has 0 radical (unpaired) electrons. The number of rotatable bonds is 4. The van der Waals surface area contributed by atoms with Gasteiger partial charge in [-0.05, 0) is 49.9 Å². The Morgan fingerprint density at radius 3 is 2.81 bits per heavy atom. The fourth-order valence-electron chi connectivity index (χ4n) is 1.93. The minimum Gasteiger partial charge on any atom is -0.449 e. The molecule has 21 heavy (non-hydrogen) atoms. The van der Waals surface area contributed by atoms with Gasteiger partial charge in [-0.1, -0.05) is 21.1 Å². The smallest absolute Gasteiger partial charge is 0.411 e. The molecule has 1 aliphatic carbocycles. The average molecular weight is 351 g/mol. The van der Waals surface area contributed by atoms with Gasteiger partial charge in [-0.25, -0.2) is 4.79 Å². The van der Waals surface area contributed by atoms with Gasteiger partial charge in [-0.15, -0.1) is 0 Å². The Kier molecular flexibility index (Phi) is 3.96. The van der Waals surface area contributed by atoms with E-state index in [2.05, 4.69) is 26.4 Å². The molecule has 6 heteroatoms. The van der Waals surface area contributed by atoms with Crippen molar-refractivity contribution in [1.29, 1.82) is 0 Å². The topological polar surface area (TPSA) is 64.4 Å². The molecule has 1 aromatic heterocycles. The summed E-state index contributed by atoms with van der Waals surface area (Å²) in [5.74, 6) is 1.06. The van der Waals surface area contributed by atoms with Crippen LogP contribution in [0.25, 0.3) is 11.3 Å². The Labute approximate surface area is 130 Å². The van der Waals surface area contributed by atoms with E-state index in [-0.39, 0.29) is 0 Å². The van der Waals surface area contributed by atoms with E-state index in [0.29, 0.717) is 29.7 Å². The van der Waals surface area contributed by atoms with E-state index < -0.39 is 6.09 Å². The largest absolute Gasteiger partial charge is 0.449 e. The lowest BCUT2D eigenvalue weighted by Crippen LogP contribution is -2.15. The van der Waals surface area contributed by atoms with Gasteiger partial charge in [-0.3, -0.25) is 5.32 Å². The molecule has 0 aliphatic heterocycles. The highest BCUT2D eigenvalue weighted by Gasteiger charge is 2.24. The highest BCUT2D eigenvalue weighted by Crippen LogP contribution is 2.32. The minimum absolute atomic E-state index is 0.466. The SMILES string of the molecule is Cc1noc(-c2ccc(Br)cc2)c1NC(=O)OCC1CC1. The van der Waals surface area contributed by atoms with E-state index in [9.17, 15) is 4.79 Å². The summed E-state index contributed by atoms with van der Waals surface area (Å²) in [7, 11) is 0. The molecule has 1 aliphatic rings. The number of aryl methyl sites for hydroxylation is 1. The molecule has 0 spiro atoms. The molecule has 1 heterocycles.